The van der Waals surface area contributed by atoms with Crippen LogP contribution in [0.3, 0.4) is 0 Å². The van der Waals surface area contributed by atoms with Crippen LogP contribution in [-0.4, -0.2) is 58.0 Å². The highest BCUT2D eigenvalue weighted by Crippen LogP contribution is 2.23. The Bertz CT molecular complexity index is 846. The van der Waals surface area contributed by atoms with Gasteiger partial charge in [-0.05, 0) is 43.8 Å². The Morgan fingerprint density at radius 3 is 2.19 bits per heavy atom. The fourth-order valence-corrected chi connectivity index (χ4v) is 4.43. The fraction of sp³-hybridized carbons (Fsp3) is 0.400. The molecule has 5 nitrogen and oxygen atoms in total. The predicted octanol–water partition coefficient (Wildman–Crippen LogP) is 2.92. The highest BCUT2D eigenvalue weighted by atomic mass is 35.5. The molecule has 7 heteroatoms. The van der Waals surface area contributed by atoms with Crippen LogP contribution in [-0.2, 0) is 10.0 Å². The van der Waals surface area contributed by atoms with Crippen molar-refractivity contribution in [3.63, 3.8) is 0 Å². The van der Waals surface area contributed by atoms with Gasteiger partial charge in [-0.25, -0.2) is 13.1 Å². The molecule has 0 amide bonds. The first kappa shape index (κ1) is 20.3. The maximum absolute atomic E-state index is 12.7. The van der Waals surface area contributed by atoms with Gasteiger partial charge in [-0.15, -0.1) is 0 Å². The van der Waals surface area contributed by atoms with Gasteiger partial charge in [0.15, 0.2) is 0 Å². The maximum atomic E-state index is 12.7. The molecular weight excluding hydrogens is 382 g/mol. The van der Waals surface area contributed by atoms with Gasteiger partial charge in [-0.1, -0.05) is 41.4 Å². The summed E-state index contributed by atoms with van der Waals surface area (Å²) < 4.78 is 28.2. The van der Waals surface area contributed by atoms with Crippen molar-refractivity contribution in [2.75, 3.05) is 39.8 Å². The number of sulfonamides is 1. The van der Waals surface area contributed by atoms with Crippen molar-refractivity contribution >= 4 is 21.6 Å². The molecule has 1 heterocycles. The summed E-state index contributed by atoms with van der Waals surface area (Å²) in [6.07, 6.45) is 0. The zero-order valence-electron chi connectivity index (χ0n) is 15.7. The quantitative estimate of drug-likeness (QED) is 0.799. The molecule has 1 fully saturated rings. The smallest absolute Gasteiger partial charge is 0.240 e. The van der Waals surface area contributed by atoms with E-state index in [1.165, 1.54) is 17.7 Å². The van der Waals surface area contributed by atoms with Crippen LogP contribution in [0.1, 0.15) is 17.2 Å². The Morgan fingerprint density at radius 2 is 1.59 bits per heavy atom. The Hall–Kier alpha value is -1.44. The molecule has 1 aliphatic rings. The third-order valence-electron chi connectivity index (χ3n) is 5.03. The van der Waals surface area contributed by atoms with Crippen molar-refractivity contribution in [1.29, 1.82) is 0 Å². The summed E-state index contributed by atoms with van der Waals surface area (Å²) >= 11 is 5.87. The summed E-state index contributed by atoms with van der Waals surface area (Å²) in [6.45, 7) is 6.17. The summed E-state index contributed by atoms with van der Waals surface area (Å²) in [6, 6.07) is 14.6. The number of likely N-dealkylation sites (N-methyl/N-ethyl adjacent to an activating group) is 1. The van der Waals surface area contributed by atoms with Crippen LogP contribution in [0, 0.1) is 6.92 Å². The van der Waals surface area contributed by atoms with Crippen molar-refractivity contribution in [2.24, 2.45) is 0 Å². The number of nitrogens with one attached hydrogen (secondary N) is 1. The van der Waals surface area contributed by atoms with Crippen LogP contribution in [0.25, 0.3) is 0 Å². The van der Waals surface area contributed by atoms with E-state index in [-0.39, 0.29) is 10.9 Å². The molecule has 0 aliphatic carbocycles. The van der Waals surface area contributed by atoms with Crippen LogP contribution in [0.15, 0.2) is 53.4 Å². The Balaban J connectivity index is 1.78. The Labute approximate surface area is 167 Å². The highest BCUT2D eigenvalue weighted by Gasteiger charge is 2.26. The molecule has 0 unspecified atom stereocenters. The van der Waals surface area contributed by atoms with Crippen molar-refractivity contribution < 1.29 is 8.42 Å². The van der Waals surface area contributed by atoms with Gasteiger partial charge in [0.25, 0.3) is 0 Å². The standard InChI is InChI=1S/C20H26ClN3O2S/c1-16-3-5-17(6-4-16)20(24-13-11-23(2)12-14-24)15-22-27(25,26)19-9-7-18(21)8-10-19/h3-10,20,22H,11-15H2,1-2H3/t20-/m0/s1. The number of rotatable bonds is 6. The molecule has 0 spiro atoms. The minimum Gasteiger partial charge on any atom is -0.304 e. The molecular formula is C20H26ClN3O2S. The molecule has 0 bridgehead atoms. The lowest BCUT2D eigenvalue weighted by Gasteiger charge is -2.38. The fourth-order valence-electron chi connectivity index (χ4n) is 3.27. The van der Waals surface area contributed by atoms with Gasteiger partial charge in [0.1, 0.15) is 0 Å². The average Bonchev–Trinajstić information content (AvgIpc) is 2.65. The molecule has 27 heavy (non-hydrogen) atoms. The lowest BCUT2D eigenvalue weighted by Crippen LogP contribution is -2.48. The second kappa shape index (κ2) is 8.71. The van der Waals surface area contributed by atoms with Crippen LogP contribution in [0.5, 0.6) is 0 Å². The van der Waals surface area contributed by atoms with E-state index in [1.807, 2.05) is 0 Å². The zero-order valence-corrected chi connectivity index (χ0v) is 17.3. The van der Waals surface area contributed by atoms with Crippen LogP contribution < -0.4 is 4.72 Å². The van der Waals surface area contributed by atoms with Gasteiger partial charge < -0.3 is 4.90 Å². The van der Waals surface area contributed by atoms with Gasteiger partial charge in [0, 0.05) is 43.8 Å². The third kappa shape index (κ3) is 5.30. The van der Waals surface area contributed by atoms with Gasteiger partial charge in [-0.2, -0.15) is 0 Å². The number of benzene rings is 2. The van der Waals surface area contributed by atoms with E-state index in [4.69, 9.17) is 11.6 Å². The van der Waals surface area contributed by atoms with E-state index in [0.717, 1.165) is 31.7 Å². The van der Waals surface area contributed by atoms with E-state index in [1.54, 1.807) is 12.1 Å². The molecule has 0 saturated carbocycles. The van der Waals surface area contributed by atoms with Gasteiger partial charge >= 0.3 is 0 Å². The van der Waals surface area contributed by atoms with Crippen LogP contribution >= 0.6 is 11.6 Å². The summed E-state index contributed by atoms with van der Waals surface area (Å²) in [5.41, 5.74) is 2.32. The molecule has 1 atom stereocenters. The first-order valence-corrected chi connectivity index (χ1v) is 11.0. The number of halogens is 1. The second-order valence-corrected chi connectivity index (χ2v) is 9.27. The first-order valence-electron chi connectivity index (χ1n) is 9.09. The van der Waals surface area contributed by atoms with Crippen LogP contribution in [0.4, 0.5) is 0 Å². The van der Waals surface area contributed by atoms with Gasteiger partial charge in [0.05, 0.1) is 4.90 Å². The number of hydrogen-bond acceptors (Lipinski definition) is 4. The van der Waals surface area contributed by atoms with Crippen molar-refractivity contribution in [1.82, 2.24) is 14.5 Å². The average molecular weight is 408 g/mol. The number of piperazine rings is 1. The molecule has 2 aromatic rings. The summed E-state index contributed by atoms with van der Waals surface area (Å²) in [5.74, 6) is 0. The van der Waals surface area contributed by atoms with E-state index in [0.29, 0.717) is 11.6 Å². The maximum Gasteiger partial charge on any atom is 0.240 e. The SMILES string of the molecule is Cc1ccc([C@H](CNS(=O)(=O)c2ccc(Cl)cc2)N2CCN(C)CC2)cc1. The molecule has 1 saturated heterocycles. The largest absolute Gasteiger partial charge is 0.304 e. The zero-order chi connectivity index (χ0) is 19.4. The topological polar surface area (TPSA) is 52.7 Å². The summed E-state index contributed by atoms with van der Waals surface area (Å²) in [5, 5.41) is 0.518. The second-order valence-electron chi connectivity index (χ2n) is 7.07. The van der Waals surface area contributed by atoms with E-state index in [9.17, 15) is 8.42 Å². The van der Waals surface area contributed by atoms with Crippen molar-refractivity contribution in [2.45, 2.75) is 17.9 Å². The molecule has 146 valence electrons. The number of nitrogens with zero attached hydrogens (tertiary/aromatic N) is 2. The molecule has 0 aromatic heterocycles. The van der Waals surface area contributed by atoms with E-state index >= 15 is 0 Å². The summed E-state index contributed by atoms with van der Waals surface area (Å²) in [7, 11) is -1.47. The molecule has 1 aliphatic heterocycles. The first-order chi connectivity index (χ1) is 12.8. The molecule has 2 aromatic carbocycles. The van der Waals surface area contributed by atoms with Gasteiger partial charge in [0.2, 0.25) is 10.0 Å². The lowest BCUT2D eigenvalue weighted by molar-refractivity contribution is 0.113. The highest BCUT2D eigenvalue weighted by molar-refractivity contribution is 7.89. The Morgan fingerprint density at radius 1 is 1.00 bits per heavy atom. The van der Waals surface area contributed by atoms with Crippen molar-refractivity contribution in [3.05, 3.63) is 64.7 Å². The monoisotopic (exact) mass is 407 g/mol. The number of aryl methyl sites for hydroxylation is 1. The molecule has 0 radical (unpaired) electrons. The minimum atomic E-state index is -3.58. The summed E-state index contributed by atoms with van der Waals surface area (Å²) in [4.78, 5) is 4.88. The molecule has 3 rings (SSSR count). The van der Waals surface area contributed by atoms with Crippen LogP contribution in [0.2, 0.25) is 5.02 Å². The predicted molar refractivity (Wildman–Crippen MR) is 110 cm³/mol. The minimum absolute atomic E-state index is 0.00127. The Kier molecular flexibility index (Phi) is 6.55. The van der Waals surface area contributed by atoms with Gasteiger partial charge in [-0.3, -0.25) is 4.90 Å². The molecule has 1 N–H and O–H groups in total. The van der Waals surface area contributed by atoms with E-state index in [2.05, 4.69) is 52.8 Å². The third-order valence-corrected chi connectivity index (χ3v) is 6.72. The normalized spacial score (nSPS) is 17.7. The van der Waals surface area contributed by atoms with Crippen molar-refractivity contribution in [3.8, 4) is 0 Å². The van der Waals surface area contributed by atoms with E-state index < -0.39 is 10.0 Å². The number of hydrogen-bond donors (Lipinski definition) is 1. The lowest BCUT2D eigenvalue weighted by atomic mass is 10.0.